The Kier molecular flexibility index (Phi) is 8.02. The molecule has 0 aliphatic rings. The molecule has 0 N–H and O–H groups in total. The number of carbonyl (C=O) groups is 2. The maximum atomic E-state index is 14.4. The van der Waals surface area contributed by atoms with Crippen molar-refractivity contribution in [1.82, 2.24) is 0 Å². The SMILES string of the molecule is CCP(OS(=O)(=O)c1cc(C(=O)OC)cc(C(=O)OC)c1)(c1ccccc1)(c1ccccc1)c1ccccc1. The van der Waals surface area contributed by atoms with Crippen LogP contribution in [-0.2, 0) is 23.6 Å². The van der Waals surface area contributed by atoms with Gasteiger partial charge in [-0.2, -0.15) is 0 Å². The molecule has 39 heavy (non-hydrogen) atoms. The Labute approximate surface area is 228 Å². The molecular weight excluding hydrogens is 535 g/mol. The molecule has 0 spiro atoms. The first kappa shape index (κ1) is 28.2. The Bertz CT molecular complexity index is 1450. The first-order chi connectivity index (χ1) is 18.7. The van der Waals surface area contributed by atoms with Crippen LogP contribution >= 0.6 is 6.83 Å². The van der Waals surface area contributed by atoms with Crippen LogP contribution in [0.2, 0.25) is 0 Å². The average molecular weight is 565 g/mol. The summed E-state index contributed by atoms with van der Waals surface area (Å²) in [6.45, 7) is -2.31. The van der Waals surface area contributed by atoms with Crippen LogP contribution in [0.15, 0.2) is 114 Å². The van der Waals surface area contributed by atoms with Crippen molar-refractivity contribution < 1.29 is 31.5 Å². The third-order valence-corrected chi connectivity index (χ3v) is 15.1. The van der Waals surface area contributed by atoms with Gasteiger partial charge in [-0.15, -0.1) is 0 Å². The topological polar surface area (TPSA) is 96.0 Å². The van der Waals surface area contributed by atoms with E-state index in [1.165, 1.54) is 20.3 Å². The van der Waals surface area contributed by atoms with Crippen molar-refractivity contribution in [3.8, 4) is 0 Å². The zero-order valence-corrected chi connectivity index (χ0v) is 23.5. The van der Waals surface area contributed by atoms with Gasteiger partial charge in [0.15, 0.2) is 0 Å². The summed E-state index contributed by atoms with van der Waals surface area (Å²) in [7, 11) is -2.28. The number of ether oxygens (including phenoxy) is 2. The quantitative estimate of drug-likeness (QED) is 0.219. The van der Waals surface area contributed by atoms with E-state index in [-0.39, 0.29) is 16.0 Å². The van der Waals surface area contributed by atoms with Crippen LogP contribution in [0.4, 0.5) is 0 Å². The van der Waals surface area contributed by atoms with Crippen molar-refractivity contribution in [2.24, 2.45) is 0 Å². The van der Waals surface area contributed by atoms with Crippen molar-refractivity contribution in [3.63, 3.8) is 0 Å². The van der Waals surface area contributed by atoms with E-state index in [1.807, 2.05) is 97.9 Å². The molecule has 9 heteroatoms. The summed E-state index contributed by atoms with van der Waals surface area (Å²) in [4.78, 5) is 24.5. The standard InChI is InChI=1S/C30H29O7PS/c1-4-38(25-14-8-5-9-15-25,26-16-10-6-11-17-26,27-18-12-7-13-19-27)37-39(33,34)28-21-23(29(31)35-2)20-24(22-28)30(32)36-3/h5-22H,4H2,1-3H3. The number of rotatable bonds is 9. The van der Waals surface area contributed by atoms with Crippen LogP contribution in [-0.4, -0.2) is 40.7 Å². The van der Waals surface area contributed by atoms with Crippen LogP contribution in [0.1, 0.15) is 27.6 Å². The van der Waals surface area contributed by atoms with Gasteiger partial charge in [0.25, 0.3) is 0 Å². The third-order valence-electron chi connectivity index (χ3n) is 6.81. The summed E-state index contributed by atoms with van der Waals surface area (Å²) in [5.41, 5.74) is -0.253. The Morgan fingerprint density at radius 2 is 1.00 bits per heavy atom. The van der Waals surface area contributed by atoms with Gasteiger partial charge in [0.05, 0.1) is 0 Å². The summed E-state index contributed by atoms with van der Waals surface area (Å²) in [5, 5.41) is 2.14. The minimum absolute atomic E-state index is 0.126. The minimum atomic E-state index is -4.62. The number of hydrogen-bond donors (Lipinski definition) is 0. The number of carbonyl (C=O) groups excluding carboxylic acids is 2. The molecular formula is C30H29O7PS. The van der Waals surface area contributed by atoms with Gasteiger partial charge >= 0.3 is 229 Å². The first-order valence-corrected chi connectivity index (χ1v) is 15.9. The summed E-state index contributed by atoms with van der Waals surface area (Å²) in [6, 6.07) is 31.4. The van der Waals surface area contributed by atoms with E-state index in [2.05, 4.69) is 0 Å². The zero-order valence-electron chi connectivity index (χ0n) is 21.8. The second kappa shape index (κ2) is 11.1. The number of methoxy groups -OCH3 is 2. The summed E-state index contributed by atoms with van der Waals surface area (Å²) in [5.74, 6) is -1.61. The third kappa shape index (κ3) is 4.87. The van der Waals surface area contributed by atoms with Gasteiger partial charge in [-0.1, -0.05) is 0 Å². The first-order valence-electron chi connectivity index (χ1n) is 12.2. The molecule has 4 aromatic carbocycles. The van der Waals surface area contributed by atoms with Gasteiger partial charge in [0.1, 0.15) is 0 Å². The van der Waals surface area contributed by atoms with E-state index in [0.29, 0.717) is 22.1 Å². The van der Waals surface area contributed by atoms with E-state index in [9.17, 15) is 18.0 Å². The summed E-state index contributed by atoms with van der Waals surface area (Å²) >= 11 is 0. The van der Waals surface area contributed by atoms with Crippen molar-refractivity contribution >= 4 is 44.8 Å². The van der Waals surface area contributed by atoms with Crippen molar-refractivity contribution in [2.45, 2.75) is 11.8 Å². The number of hydrogen-bond acceptors (Lipinski definition) is 7. The Balaban J connectivity index is 2.10. The van der Waals surface area contributed by atoms with Gasteiger partial charge in [-0.25, -0.2) is 0 Å². The van der Waals surface area contributed by atoms with Crippen LogP contribution in [0, 0.1) is 0 Å². The molecule has 0 aliphatic carbocycles. The Hall–Kier alpha value is -3.84. The van der Waals surface area contributed by atoms with Crippen LogP contribution in [0.5, 0.6) is 0 Å². The molecule has 202 valence electrons. The molecule has 4 aromatic rings. The Morgan fingerprint density at radius 3 is 1.31 bits per heavy atom. The molecule has 7 nitrogen and oxygen atoms in total. The van der Waals surface area contributed by atoms with Gasteiger partial charge in [0.2, 0.25) is 0 Å². The van der Waals surface area contributed by atoms with Gasteiger partial charge in [-0.3, -0.25) is 0 Å². The molecule has 0 fully saturated rings. The van der Waals surface area contributed by atoms with Gasteiger partial charge in [0, 0.05) is 0 Å². The van der Waals surface area contributed by atoms with Crippen molar-refractivity contribution in [1.29, 1.82) is 0 Å². The van der Waals surface area contributed by atoms with Gasteiger partial charge in [-0.05, 0) is 0 Å². The second-order valence-corrected chi connectivity index (χ2v) is 15.4. The fraction of sp³-hybridized carbons (Fsp3) is 0.133. The molecule has 0 bridgehead atoms. The predicted molar refractivity (Wildman–Crippen MR) is 153 cm³/mol. The summed E-state index contributed by atoms with van der Waals surface area (Å²) < 4.78 is 45.0. The molecule has 0 unspecified atom stereocenters. The van der Waals surface area contributed by atoms with Crippen molar-refractivity contribution in [2.75, 3.05) is 20.4 Å². The molecule has 0 saturated heterocycles. The van der Waals surface area contributed by atoms with E-state index >= 15 is 0 Å². The molecule has 0 radical (unpaired) electrons. The maximum absolute atomic E-state index is 14.4. The predicted octanol–water partition coefficient (Wildman–Crippen LogP) is 4.43. The second-order valence-electron chi connectivity index (χ2n) is 8.79. The molecule has 4 rings (SSSR count). The molecule has 0 amide bonds. The van der Waals surface area contributed by atoms with E-state index < -0.39 is 28.9 Å². The zero-order chi connectivity index (χ0) is 28.1. The molecule has 0 atom stereocenters. The summed E-state index contributed by atoms with van der Waals surface area (Å²) in [6.07, 6.45) is 0.309. The molecule has 0 aliphatic heterocycles. The van der Waals surface area contributed by atoms with Gasteiger partial charge < -0.3 is 0 Å². The molecule has 0 heterocycles. The van der Waals surface area contributed by atoms with Crippen LogP contribution in [0.3, 0.4) is 0 Å². The molecule has 0 saturated carbocycles. The average Bonchev–Trinajstić information content (AvgIpc) is 3.00. The fourth-order valence-electron chi connectivity index (χ4n) is 4.88. The van der Waals surface area contributed by atoms with E-state index in [1.54, 1.807) is 0 Å². The normalized spacial score (nSPS) is 12.6. The fourth-order valence-corrected chi connectivity index (χ4v) is 13.4. The number of benzene rings is 4. The van der Waals surface area contributed by atoms with E-state index in [0.717, 1.165) is 12.1 Å². The van der Waals surface area contributed by atoms with Crippen LogP contribution in [0.25, 0.3) is 0 Å². The van der Waals surface area contributed by atoms with Crippen molar-refractivity contribution in [3.05, 3.63) is 120 Å². The van der Waals surface area contributed by atoms with Crippen LogP contribution < -0.4 is 15.9 Å². The molecule has 0 aromatic heterocycles. The van der Waals surface area contributed by atoms with E-state index in [4.69, 9.17) is 13.4 Å². The monoisotopic (exact) mass is 564 g/mol. The number of esters is 2. The Morgan fingerprint density at radius 1 is 0.641 bits per heavy atom.